The molecule has 7 nitrogen and oxygen atoms in total. The van der Waals surface area contributed by atoms with Crippen LogP contribution in [0.3, 0.4) is 0 Å². The number of fused-ring (bicyclic) bond motifs is 1. The number of morpholine rings is 1. The molecular formula is C20H26ClN5O2S. The smallest absolute Gasteiger partial charge is 0.280 e. The number of aromatic nitrogens is 3. The molecule has 0 atom stereocenters. The summed E-state index contributed by atoms with van der Waals surface area (Å²) >= 11 is 1.56. The van der Waals surface area contributed by atoms with E-state index in [0.717, 1.165) is 54.7 Å². The third-order valence-corrected chi connectivity index (χ3v) is 5.98. The van der Waals surface area contributed by atoms with Crippen molar-refractivity contribution in [2.45, 2.75) is 20.4 Å². The van der Waals surface area contributed by atoms with E-state index in [2.05, 4.69) is 29.1 Å². The van der Waals surface area contributed by atoms with E-state index in [-0.39, 0.29) is 18.3 Å². The fourth-order valence-electron chi connectivity index (χ4n) is 3.28. The maximum absolute atomic E-state index is 13.3. The van der Waals surface area contributed by atoms with Crippen LogP contribution in [0.4, 0.5) is 5.13 Å². The monoisotopic (exact) mass is 435 g/mol. The summed E-state index contributed by atoms with van der Waals surface area (Å²) in [6, 6.07) is 7.97. The van der Waals surface area contributed by atoms with Gasteiger partial charge in [0, 0.05) is 38.9 Å². The van der Waals surface area contributed by atoms with Crippen LogP contribution in [0.1, 0.15) is 23.0 Å². The number of hydrogen-bond acceptors (Lipinski definition) is 6. The molecule has 0 radical (unpaired) electrons. The topological polar surface area (TPSA) is 63.5 Å². The van der Waals surface area contributed by atoms with Crippen molar-refractivity contribution in [3.63, 3.8) is 0 Å². The highest BCUT2D eigenvalue weighted by Crippen LogP contribution is 2.30. The van der Waals surface area contributed by atoms with Gasteiger partial charge in [0.15, 0.2) is 10.8 Å². The second-order valence-electron chi connectivity index (χ2n) is 6.94. The average molecular weight is 436 g/mol. The van der Waals surface area contributed by atoms with Crippen molar-refractivity contribution in [2.75, 3.05) is 44.3 Å². The zero-order valence-electron chi connectivity index (χ0n) is 16.7. The molecule has 1 aliphatic rings. The molecule has 156 valence electrons. The van der Waals surface area contributed by atoms with Gasteiger partial charge in [-0.25, -0.2) is 4.98 Å². The Bertz CT molecular complexity index is 967. The van der Waals surface area contributed by atoms with Gasteiger partial charge in [-0.1, -0.05) is 17.4 Å². The summed E-state index contributed by atoms with van der Waals surface area (Å²) in [4.78, 5) is 22.1. The number of anilines is 1. The van der Waals surface area contributed by atoms with Crippen molar-refractivity contribution in [3.05, 3.63) is 41.7 Å². The van der Waals surface area contributed by atoms with Gasteiger partial charge in [-0.2, -0.15) is 5.10 Å². The first kappa shape index (κ1) is 21.7. The van der Waals surface area contributed by atoms with Crippen LogP contribution in [0.25, 0.3) is 10.2 Å². The van der Waals surface area contributed by atoms with E-state index in [1.807, 2.05) is 19.2 Å². The molecule has 1 amide bonds. The van der Waals surface area contributed by atoms with Crippen LogP contribution in [0.15, 0.2) is 30.5 Å². The first-order chi connectivity index (χ1) is 13.6. The van der Waals surface area contributed by atoms with E-state index in [9.17, 15) is 4.79 Å². The normalized spacial score (nSPS) is 14.7. The molecule has 0 bridgehead atoms. The van der Waals surface area contributed by atoms with Gasteiger partial charge >= 0.3 is 0 Å². The lowest BCUT2D eigenvalue weighted by molar-refractivity contribution is 0.0391. The summed E-state index contributed by atoms with van der Waals surface area (Å²) < 4.78 is 8.30. The van der Waals surface area contributed by atoms with E-state index in [4.69, 9.17) is 9.72 Å². The predicted molar refractivity (Wildman–Crippen MR) is 118 cm³/mol. The van der Waals surface area contributed by atoms with Crippen LogP contribution < -0.4 is 4.90 Å². The summed E-state index contributed by atoms with van der Waals surface area (Å²) in [5.41, 5.74) is 2.57. The summed E-state index contributed by atoms with van der Waals surface area (Å²) in [6.45, 7) is 9.46. The number of benzene rings is 1. The number of ether oxygens (including phenoxy) is 1. The summed E-state index contributed by atoms with van der Waals surface area (Å²) in [5, 5.41) is 5.13. The van der Waals surface area contributed by atoms with Gasteiger partial charge in [0.05, 0.1) is 23.4 Å². The highest BCUT2D eigenvalue weighted by molar-refractivity contribution is 7.22. The molecule has 0 saturated carbocycles. The molecule has 0 unspecified atom stereocenters. The minimum absolute atomic E-state index is 0. The maximum atomic E-state index is 13.3. The van der Waals surface area contributed by atoms with Crippen molar-refractivity contribution < 1.29 is 9.53 Å². The van der Waals surface area contributed by atoms with E-state index in [1.165, 1.54) is 5.56 Å². The van der Waals surface area contributed by atoms with E-state index in [1.54, 1.807) is 27.0 Å². The zero-order valence-corrected chi connectivity index (χ0v) is 18.3. The first-order valence-electron chi connectivity index (χ1n) is 9.66. The van der Waals surface area contributed by atoms with Gasteiger partial charge in [0.25, 0.3) is 5.91 Å². The molecule has 1 aliphatic heterocycles. The van der Waals surface area contributed by atoms with Crippen molar-refractivity contribution in [1.82, 2.24) is 19.7 Å². The molecule has 1 fully saturated rings. The fourth-order valence-corrected chi connectivity index (χ4v) is 4.36. The second-order valence-corrected chi connectivity index (χ2v) is 7.94. The molecule has 0 aliphatic carbocycles. The molecule has 2 aromatic heterocycles. The van der Waals surface area contributed by atoms with Crippen LogP contribution in [-0.4, -0.2) is 65.0 Å². The highest BCUT2D eigenvalue weighted by Gasteiger charge is 2.24. The Morgan fingerprint density at radius 3 is 2.79 bits per heavy atom. The second kappa shape index (κ2) is 9.67. The Morgan fingerprint density at radius 1 is 1.28 bits per heavy atom. The van der Waals surface area contributed by atoms with Gasteiger partial charge in [-0.15, -0.1) is 12.4 Å². The third-order valence-electron chi connectivity index (χ3n) is 4.94. The molecule has 1 saturated heterocycles. The molecular weight excluding hydrogens is 410 g/mol. The number of halogens is 1. The number of thiazole rings is 1. The molecule has 3 heterocycles. The lowest BCUT2D eigenvalue weighted by Crippen LogP contribution is -2.43. The van der Waals surface area contributed by atoms with Crippen LogP contribution in [-0.2, 0) is 11.3 Å². The predicted octanol–water partition coefficient (Wildman–Crippen LogP) is 3.22. The summed E-state index contributed by atoms with van der Waals surface area (Å²) in [6.07, 6.45) is 1.84. The van der Waals surface area contributed by atoms with Crippen molar-refractivity contribution in [1.29, 1.82) is 0 Å². The minimum atomic E-state index is -0.101. The Balaban J connectivity index is 0.00000240. The molecule has 4 rings (SSSR count). The lowest BCUT2D eigenvalue weighted by Gasteiger charge is -2.29. The van der Waals surface area contributed by atoms with Crippen LogP contribution in [0, 0.1) is 6.92 Å². The number of nitrogens with zero attached hydrogens (tertiary/aromatic N) is 5. The number of carbonyl (C=O) groups is 1. The van der Waals surface area contributed by atoms with Gasteiger partial charge in [-0.3, -0.25) is 19.3 Å². The Hall–Kier alpha value is -2.00. The van der Waals surface area contributed by atoms with Crippen LogP contribution in [0.5, 0.6) is 0 Å². The number of amides is 1. The maximum Gasteiger partial charge on any atom is 0.280 e. The highest BCUT2D eigenvalue weighted by atomic mass is 35.5. The van der Waals surface area contributed by atoms with Gasteiger partial charge in [0.1, 0.15) is 0 Å². The van der Waals surface area contributed by atoms with Gasteiger partial charge in [-0.05, 0) is 37.6 Å². The number of rotatable bonds is 6. The average Bonchev–Trinajstić information content (AvgIpc) is 3.35. The fraction of sp³-hybridized carbons (Fsp3) is 0.450. The van der Waals surface area contributed by atoms with Crippen LogP contribution in [0.2, 0.25) is 0 Å². The standard InChI is InChI=1S/C20H25N5O2S.ClH/c1-3-24-7-6-17(22-24)19(26)25(9-8-23-10-12-27-13-11-23)20-21-16-5-4-15(2)14-18(16)28-20;/h4-7,14H,3,8-13H2,1-2H3;1H. The van der Waals surface area contributed by atoms with E-state index >= 15 is 0 Å². The third kappa shape index (κ3) is 4.95. The minimum Gasteiger partial charge on any atom is -0.379 e. The van der Waals surface area contributed by atoms with Crippen LogP contribution >= 0.6 is 23.7 Å². The summed E-state index contributed by atoms with van der Waals surface area (Å²) in [7, 11) is 0. The Kier molecular flexibility index (Phi) is 7.23. The van der Waals surface area contributed by atoms with Crippen molar-refractivity contribution in [3.8, 4) is 0 Å². The van der Waals surface area contributed by atoms with Gasteiger partial charge < -0.3 is 4.74 Å². The number of carbonyl (C=O) groups excluding carboxylic acids is 1. The number of aryl methyl sites for hydroxylation is 2. The SMILES string of the molecule is CCn1ccc(C(=O)N(CCN2CCOCC2)c2nc3ccc(C)cc3s2)n1.Cl. The molecule has 9 heteroatoms. The quantitative estimate of drug-likeness (QED) is 0.594. The molecule has 29 heavy (non-hydrogen) atoms. The summed E-state index contributed by atoms with van der Waals surface area (Å²) in [5.74, 6) is -0.101. The van der Waals surface area contributed by atoms with Crippen molar-refractivity contribution in [2.24, 2.45) is 0 Å². The molecule has 0 N–H and O–H groups in total. The molecule has 0 spiro atoms. The number of hydrogen-bond donors (Lipinski definition) is 0. The Labute approximate surface area is 180 Å². The zero-order chi connectivity index (χ0) is 19.5. The Morgan fingerprint density at radius 2 is 2.07 bits per heavy atom. The van der Waals surface area contributed by atoms with Gasteiger partial charge in [0.2, 0.25) is 0 Å². The van der Waals surface area contributed by atoms with E-state index < -0.39 is 0 Å². The van der Waals surface area contributed by atoms with Crippen molar-refractivity contribution >= 4 is 45.0 Å². The molecule has 1 aromatic carbocycles. The van der Waals surface area contributed by atoms with E-state index in [0.29, 0.717) is 12.2 Å². The largest absolute Gasteiger partial charge is 0.379 e. The lowest BCUT2D eigenvalue weighted by atomic mass is 10.2. The first-order valence-corrected chi connectivity index (χ1v) is 10.5. The molecule has 3 aromatic rings.